The minimum atomic E-state index is -0.380. The summed E-state index contributed by atoms with van der Waals surface area (Å²) in [7, 11) is 0. The minimum Gasteiger partial charge on any atom is -0.505 e. The number of benzene rings is 3. The molecular formula is C21H14Cl2N4O2. The molecule has 8 heteroatoms. The van der Waals surface area contributed by atoms with E-state index in [-0.39, 0.29) is 21.7 Å². The first-order valence-electron chi connectivity index (χ1n) is 8.58. The van der Waals surface area contributed by atoms with E-state index in [9.17, 15) is 9.90 Å². The van der Waals surface area contributed by atoms with Crippen LogP contribution in [0.3, 0.4) is 0 Å². The summed E-state index contributed by atoms with van der Waals surface area (Å²) in [5.74, 6) is 0.157. The van der Waals surface area contributed by atoms with Crippen LogP contribution >= 0.6 is 23.2 Å². The molecule has 0 aliphatic rings. The van der Waals surface area contributed by atoms with Crippen LogP contribution in [0, 0.1) is 0 Å². The Kier molecular flexibility index (Phi) is 5.20. The van der Waals surface area contributed by atoms with Gasteiger partial charge in [-0.05, 0) is 35.9 Å². The van der Waals surface area contributed by atoms with Crippen molar-refractivity contribution in [3.8, 4) is 17.1 Å². The van der Waals surface area contributed by atoms with Gasteiger partial charge in [0.15, 0.2) is 5.75 Å². The van der Waals surface area contributed by atoms with Crippen molar-refractivity contribution in [2.75, 3.05) is 0 Å². The molecule has 0 aliphatic heterocycles. The zero-order valence-electron chi connectivity index (χ0n) is 14.9. The third-order valence-electron chi connectivity index (χ3n) is 4.21. The molecule has 4 aromatic rings. The van der Waals surface area contributed by atoms with Crippen molar-refractivity contribution in [2.45, 2.75) is 0 Å². The third-order valence-corrected chi connectivity index (χ3v) is 4.79. The van der Waals surface area contributed by atoms with Crippen molar-refractivity contribution in [1.29, 1.82) is 0 Å². The van der Waals surface area contributed by atoms with E-state index in [4.69, 9.17) is 23.2 Å². The third kappa shape index (κ3) is 4.08. The number of hydrogen-bond donors (Lipinski definition) is 3. The number of rotatable bonds is 4. The van der Waals surface area contributed by atoms with Crippen LogP contribution in [0.25, 0.3) is 22.4 Å². The molecule has 0 atom stereocenters. The second-order valence-corrected chi connectivity index (χ2v) is 7.03. The molecule has 29 heavy (non-hydrogen) atoms. The lowest BCUT2D eigenvalue weighted by atomic mass is 10.2. The second-order valence-electron chi connectivity index (χ2n) is 6.22. The van der Waals surface area contributed by atoms with Crippen molar-refractivity contribution in [1.82, 2.24) is 15.4 Å². The van der Waals surface area contributed by atoms with Crippen LogP contribution in [0.4, 0.5) is 0 Å². The van der Waals surface area contributed by atoms with Gasteiger partial charge in [0.2, 0.25) is 0 Å². The van der Waals surface area contributed by atoms with E-state index in [1.54, 1.807) is 18.2 Å². The molecule has 0 saturated carbocycles. The summed E-state index contributed by atoms with van der Waals surface area (Å²) in [5, 5.41) is 13.7. The lowest BCUT2D eigenvalue weighted by molar-refractivity contribution is 0.0955. The van der Waals surface area contributed by atoms with Gasteiger partial charge in [0.05, 0.1) is 27.3 Å². The lowest BCUT2D eigenvalue weighted by Crippen LogP contribution is -2.17. The fourth-order valence-electron chi connectivity index (χ4n) is 2.77. The molecule has 1 aromatic heterocycles. The number of phenolic OH excluding ortho intramolecular Hbond substituents is 1. The zero-order valence-corrected chi connectivity index (χ0v) is 16.4. The van der Waals surface area contributed by atoms with Gasteiger partial charge in [-0.15, -0.1) is 0 Å². The normalized spacial score (nSPS) is 11.2. The molecule has 0 saturated heterocycles. The molecule has 3 aromatic carbocycles. The van der Waals surface area contributed by atoms with Crippen LogP contribution in [0.15, 0.2) is 65.8 Å². The highest BCUT2D eigenvalue weighted by Gasteiger charge is 2.10. The first-order chi connectivity index (χ1) is 14.0. The summed E-state index contributed by atoms with van der Waals surface area (Å²) in [4.78, 5) is 20.2. The Balaban J connectivity index is 1.51. The maximum absolute atomic E-state index is 12.4. The fraction of sp³-hybridized carbons (Fsp3) is 0. The average Bonchev–Trinajstić information content (AvgIpc) is 3.16. The summed E-state index contributed by atoms with van der Waals surface area (Å²) in [6.45, 7) is 0. The number of aromatic nitrogens is 2. The number of imidazole rings is 1. The Morgan fingerprint density at radius 2 is 1.79 bits per heavy atom. The van der Waals surface area contributed by atoms with Gasteiger partial charge in [-0.3, -0.25) is 4.79 Å². The number of fused-ring (bicyclic) bond motifs is 1. The minimum absolute atomic E-state index is 0.101. The summed E-state index contributed by atoms with van der Waals surface area (Å²) in [6, 6.07) is 17.9. The van der Waals surface area contributed by atoms with Crippen molar-refractivity contribution >= 4 is 46.4 Å². The fourth-order valence-corrected chi connectivity index (χ4v) is 3.28. The number of hydrogen-bond acceptors (Lipinski definition) is 4. The maximum atomic E-state index is 12.4. The lowest BCUT2D eigenvalue weighted by Gasteiger charge is -2.02. The monoisotopic (exact) mass is 424 g/mol. The standard InChI is InChI=1S/C21H14Cl2N4O2/c22-15-8-12(9-16(23)19(15)28)11-24-27-21(29)14-6-7-17-18(10-14)26-20(25-17)13-4-2-1-3-5-13/h1-11,28H,(H,25,26)(H,27,29)/b24-11+. The Bertz CT molecular complexity index is 1210. The van der Waals surface area contributed by atoms with E-state index in [0.29, 0.717) is 11.1 Å². The Morgan fingerprint density at radius 1 is 1.07 bits per heavy atom. The molecule has 0 fully saturated rings. The molecule has 0 unspecified atom stereocenters. The highest BCUT2D eigenvalue weighted by atomic mass is 35.5. The van der Waals surface area contributed by atoms with Crippen molar-refractivity contribution in [2.24, 2.45) is 5.10 Å². The molecule has 0 bridgehead atoms. The van der Waals surface area contributed by atoms with E-state index >= 15 is 0 Å². The van der Waals surface area contributed by atoms with Crippen LogP contribution in [0.5, 0.6) is 5.75 Å². The average molecular weight is 425 g/mol. The number of phenols is 1. The molecule has 0 aliphatic carbocycles. The number of carbonyl (C=O) groups is 1. The predicted octanol–water partition coefficient (Wildman–Crippen LogP) is 5.01. The molecule has 3 N–H and O–H groups in total. The Morgan fingerprint density at radius 3 is 2.52 bits per heavy atom. The van der Waals surface area contributed by atoms with E-state index < -0.39 is 0 Å². The summed E-state index contributed by atoms with van der Waals surface area (Å²) in [6.07, 6.45) is 1.39. The second kappa shape index (κ2) is 7.95. The van der Waals surface area contributed by atoms with Gasteiger partial charge in [0, 0.05) is 11.1 Å². The Labute approximate surface area is 175 Å². The van der Waals surface area contributed by atoms with Crippen LogP contribution in [0.1, 0.15) is 15.9 Å². The van der Waals surface area contributed by atoms with E-state index in [1.165, 1.54) is 18.3 Å². The smallest absolute Gasteiger partial charge is 0.271 e. The van der Waals surface area contributed by atoms with E-state index in [0.717, 1.165) is 22.4 Å². The van der Waals surface area contributed by atoms with E-state index in [2.05, 4.69) is 20.5 Å². The van der Waals surface area contributed by atoms with Gasteiger partial charge < -0.3 is 10.1 Å². The van der Waals surface area contributed by atoms with Crippen molar-refractivity contribution < 1.29 is 9.90 Å². The van der Waals surface area contributed by atoms with E-state index in [1.807, 2.05) is 30.3 Å². The van der Waals surface area contributed by atoms with Crippen LogP contribution in [-0.4, -0.2) is 27.2 Å². The summed E-state index contributed by atoms with van der Waals surface area (Å²) >= 11 is 11.7. The van der Waals surface area contributed by atoms with Gasteiger partial charge in [-0.25, -0.2) is 10.4 Å². The molecule has 0 spiro atoms. The Hall–Kier alpha value is -3.35. The van der Waals surface area contributed by atoms with Crippen LogP contribution < -0.4 is 5.43 Å². The SMILES string of the molecule is O=C(N/N=C/c1cc(Cl)c(O)c(Cl)c1)c1ccc2nc(-c3ccccc3)[nH]c2c1. The first-order valence-corrected chi connectivity index (χ1v) is 9.33. The molecule has 6 nitrogen and oxygen atoms in total. The van der Waals surface area contributed by atoms with Gasteiger partial charge in [0.1, 0.15) is 5.82 Å². The molecule has 0 radical (unpaired) electrons. The maximum Gasteiger partial charge on any atom is 0.271 e. The number of H-pyrrole nitrogens is 1. The number of hydrazone groups is 1. The molecule has 1 amide bonds. The number of amides is 1. The molecule has 4 rings (SSSR count). The van der Waals surface area contributed by atoms with Crippen molar-refractivity contribution in [3.63, 3.8) is 0 Å². The molecule has 144 valence electrons. The van der Waals surface area contributed by atoms with Gasteiger partial charge in [-0.2, -0.15) is 5.10 Å². The number of aromatic amines is 1. The van der Waals surface area contributed by atoms with Crippen LogP contribution in [-0.2, 0) is 0 Å². The summed E-state index contributed by atoms with van der Waals surface area (Å²) < 4.78 is 0. The number of halogens is 2. The number of aromatic hydroxyl groups is 1. The highest BCUT2D eigenvalue weighted by Crippen LogP contribution is 2.32. The largest absolute Gasteiger partial charge is 0.505 e. The van der Waals surface area contributed by atoms with Gasteiger partial charge >= 0.3 is 0 Å². The zero-order chi connectivity index (χ0) is 20.4. The quantitative estimate of drug-likeness (QED) is 0.317. The first kappa shape index (κ1) is 19.0. The van der Waals surface area contributed by atoms with Gasteiger partial charge in [0.25, 0.3) is 5.91 Å². The topological polar surface area (TPSA) is 90.4 Å². The van der Waals surface area contributed by atoms with Crippen LogP contribution in [0.2, 0.25) is 10.0 Å². The molecule has 1 heterocycles. The number of carbonyl (C=O) groups excluding carboxylic acids is 1. The number of nitrogens with zero attached hydrogens (tertiary/aromatic N) is 2. The molecular weight excluding hydrogens is 411 g/mol. The highest BCUT2D eigenvalue weighted by molar-refractivity contribution is 6.37. The summed E-state index contributed by atoms with van der Waals surface area (Å²) in [5.41, 5.74) is 5.89. The van der Waals surface area contributed by atoms with Crippen molar-refractivity contribution in [3.05, 3.63) is 81.8 Å². The number of nitrogens with one attached hydrogen (secondary N) is 2. The predicted molar refractivity (Wildman–Crippen MR) is 115 cm³/mol. The van der Waals surface area contributed by atoms with Gasteiger partial charge in [-0.1, -0.05) is 53.5 Å².